The van der Waals surface area contributed by atoms with Crippen molar-refractivity contribution in [3.8, 4) is 17.0 Å². The number of anilines is 1. The van der Waals surface area contributed by atoms with E-state index in [-0.39, 0.29) is 0 Å². The van der Waals surface area contributed by atoms with Gasteiger partial charge in [-0.1, -0.05) is 6.92 Å². The molecule has 1 heterocycles. The predicted octanol–water partition coefficient (Wildman–Crippen LogP) is 2.30. The van der Waals surface area contributed by atoms with Gasteiger partial charge in [-0.25, -0.2) is 9.97 Å². The lowest BCUT2D eigenvalue weighted by Gasteiger charge is -2.08. The Labute approximate surface area is 100 Å². The summed E-state index contributed by atoms with van der Waals surface area (Å²) in [5, 5.41) is 0. The van der Waals surface area contributed by atoms with Gasteiger partial charge in [-0.15, -0.1) is 0 Å². The molecule has 0 unspecified atom stereocenters. The minimum atomic E-state index is 0.299. The molecule has 0 bridgehead atoms. The number of methoxy groups -OCH3 is 1. The van der Waals surface area contributed by atoms with Crippen LogP contribution in [0.25, 0.3) is 11.3 Å². The zero-order valence-corrected chi connectivity index (χ0v) is 9.97. The molecule has 4 nitrogen and oxygen atoms in total. The van der Waals surface area contributed by atoms with Crippen LogP contribution in [0.15, 0.2) is 30.5 Å². The number of benzene rings is 1. The highest BCUT2D eigenvalue weighted by molar-refractivity contribution is 5.64. The Hall–Kier alpha value is -2.10. The molecule has 88 valence electrons. The topological polar surface area (TPSA) is 61.0 Å². The summed E-state index contributed by atoms with van der Waals surface area (Å²) in [4.78, 5) is 8.31. The van der Waals surface area contributed by atoms with Crippen LogP contribution in [-0.4, -0.2) is 17.1 Å². The number of ether oxygens (including phenoxy) is 1. The number of rotatable bonds is 3. The average Bonchev–Trinajstić information content (AvgIpc) is 2.39. The minimum absolute atomic E-state index is 0.299. The molecule has 0 aliphatic heterocycles. The summed E-state index contributed by atoms with van der Waals surface area (Å²) in [6.45, 7) is 2.07. The fourth-order valence-corrected chi connectivity index (χ4v) is 1.68. The van der Waals surface area contributed by atoms with Crippen molar-refractivity contribution in [1.29, 1.82) is 0 Å². The van der Waals surface area contributed by atoms with Crippen LogP contribution in [0.5, 0.6) is 5.75 Å². The van der Waals surface area contributed by atoms with Gasteiger partial charge in [0.15, 0.2) is 0 Å². The van der Waals surface area contributed by atoms with Gasteiger partial charge in [0.25, 0.3) is 0 Å². The maximum atomic E-state index is 5.63. The molecule has 2 rings (SSSR count). The smallest absolute Gasteiger partial charge is 0.220 e. The molecule has 17 heavy (non-hydrogen) atoms. The van der Waals surface area contributed by atoms with Gasteiger partial charge in [-0.05, 0) is 36.2 Å². The van der Waals surface area contributed by atoms with E-state index in [1.165, 1.54) is 0 Å². The van der Waals surface area contributed by atoms with Crippen LogP contribution in [0.3, 0.4) is 0 Å². The summed E-state index contributed by atoms with van der Waals surface area (Å²) in [5.74, 6) is 1.13. The Bertz CT molecular complexity index is 509. The summed E-state index contributed by atoms with van der Waals surface area (Å²) in [7, 11) is 1.65. The lowest BCUT2D eigenvalue weighted by molar-refractivity contribution is 0.415. The highest BCUT2D eigenvalue weighted by Gasteiger charge is 2.07. The van der Waals surface area contributed by atoms with Gasteiger partial charge in [-0.2, -0.15) is 0 Å². The van der Waals surface area contributed by atoms with Crippen LogP contribution in [0.4, 0.5) is 5.95 Å². The van der Waals surface area contributed by atoms with Crippen molar-refractivity contribution in [2.75, 3.05) is 12.8 Å². The quantitative estimate of drug-likeness (QED) is 0.877. The predicted molar refractivity (Wildman–Crippen MR) is 67.8 cm³/mol. The molecule has 0 spiro atoms. The molecule has 1 aromatic carbocycles. The highest BCUT2D eigenvalue weighted by Crippen LogP contribution is 2.24. The molecule has 0 aliphatic carbocycles. The average molecular weight is 229 g/mol. The van der Waals surface area contributed by atoms with Crippen LogP contribution in [0.2, 0.25) is 0 Å². The number of nitrogen functional groups attached to an aromatic ring is 1. The van der Waals surface area contributed by atoms with Gasteiger partial charge in [0.1, 0.15) is 5.75 Å². The third-order valence-electron chi connectivity index (χ3n) is 2.63. The monoisotopic (exact) mass is 229 g/mol. The first-order valence-corrected chi connectivity index (χ1v) is 5.50. The molecule has 0 atom stereocenters. The number of nitrogens with two attached hydrogens (primary N) is 1. The van der Waals surface area contributed by atoms with E-state index in [0.29, 0.717) is 5.95 Å². The van der Waals surface area contributed by atoms with Crippen molar-refractivity contribution in [3.05, 3.63) is 36.0 Å². The molecule has 1 aromatic heterocycles. The largest absolute Gasteiger partial charge is 0.497 e. The number of nitrogens with zero attached hydrogens (tertiary/aromatic N) is 2. The van der Waals surface area contributed by atoms with E-state index in [4.69, 9.17) is 10.5 Å². The molecule has 2 aromatic rings. The Morgan fingerprint density at radius 2 is 1.94 bits per heavy atom. The van der Waals surface area contributed by atoms with E-state index in [2.05, 4.69) is 16.9 Å². The molecule has 0 saturated carbocycles. The van der Waals surface area contributed by atoms with Crippen molar-refractivity contribution in [2.24, 2.45) is 0 Å². The summed E-state index contributed by atoms with van der Waals surface area (Å²) in [6, 6.07) is 7.76. The Morgan fingerprint density at radius 3 is 2.53 bits per heavy atom. The first-order chi connectivity index (χ1) is 8.24. The minimum Gasteiger partial charge on any atom is -0.497 e. The molecule has 4 heteroatoms. The highest BCUT2D eigenvalue weighted by atomic mass is 16.5. The summed E-state index contributed by atoms with van der Waals surface area (Å²) >= 11 is 0. The zero-order valence-electron chi connectivity index (χ0n) is 9.97. The van der Waals surface area contributed by atoms with Gasteiger partial charge >= 0.3 is 0 Å². The van der Waals surface area contributed by atoms with Crippen molar-refractivity contribution in [2.45, 2.75) is 13.3 Å². The first kappa shape index (κ1) is 11.4. The van der Waals surface area contributed by atoms with E-state index in [9.17, 15) is 0 Å². The maximum absolute atomic E-state index is 5.63. The van der Waals surface area contributed by atoms with Crippen LogP contribution >= 0.6 is 0 Å². The number of hydrogen-bond donors (Lipinski definition) is 1. The molecule has 0 radical (unpaired) electrons. The first-order valence-electron chi connectivity index (χ1n) is 5.50. The molecule has 0 amide bonds. The zero-order chi connectivity index (χ0) is 12.3. The number of aromatic nitrogens is 2. The summed E-state index contributed by atoms with van der Waals surface area (Å²) in [5.41, 5.74) is 8.63. The lowest BCUT2D eigenvalue weighted by atomic mass is 10.1. The number of hydrogen-bond acceptors (Lipinski definition) is 4. The van der Waals surface area contributed by atoms with E-state index in [1.807, 2.05) is 24.3 Å². The second kappa shape index (κ2) is 4.82. The molecule has 0 saturated heterocycles. The molecular formula is C13H15N3O. The van der Waals surface area contributed by atoms with Crippen molar-refractivity contribution in [1.82, 2.24) is 9.97 Å². The van der Waals surface area contributed by atoms with Gasteiger partial charge in [0.2, 0.25) is 5.95 Å². The standard InChI is InChI=1S/C13H15N3O/c1-3-9-8-15-13(14)16-12(9)10-4-6-11(17-2)7-5-10/h4-8H,3H2,1-2H3,(H2,14,15,16). The second-order valence-corrected chi connectivity index (χ2v) is 3.68. The van der Waals surface area contributed by atoms with E-state index >= 15 is 0 Å². The van der Waals surface area contributed by atoms with Crippen LogP contribution in [0, 0.1) is 0 Å². The normalized spacial score (nSPS) is 10.2. The summed E-state index contributed by atoms with van der Waals surface area (Å²) in [6.07, 6.45) is 2.66. The van der Waals surface area contributed by atoms with Crippen LogP contribution < -0.4 is 10.5 Å². The Morgan fingerprint density at radius 1 is 1.24 bits per heavy atom. The van der Waals surface area contributed by atoms with E-state index in [0.717, 1.165) is 29.0 Å². The molecule has 0 aliphatic rings. The van der Waals surface area contributed by atoms with E-state index < -0.39 is 0 Å². The summed E-state index contributed by atoms with van der Waals surface area (Å²) < 4.78 is 5.13. The SMILES string of the molecule is CCc1cnc(N)nc1-c1ccc(OC)cc1. The van der Waals surface area contributed by atoms with Crippen molar-refractivity contribution >= 4 is 5.95 Å². The van der Waals surface area contributed by atoms with Gasteiger partial charge in [-0.3, -0.25) is 0 Å². The Kier molecular flexibility index (Phi) is 3.23. The maximum Gasteiger partial charge on any atom is 0.220 e. The van der Waals surface area contributed by atoms with Crippen molar-refractivity contribution in [3.63, 3.8) is 0 Å². The fourth-order valence-electron chi connectivity index (χ4n) is 1.68. The second-order valence-electron chi connectivity index (χ2n) is 3.68. The molecular weight excluding hydrogens is 214 g/mol. The van der Waals surface area contributed by atoms with Gasteiger partial charge in [0.05, 0.1) is 12.8 Å². The third kappa shape index (κ3) is 2.36. The van der Waals surface area contributed by atoms with Gasteiger partial charge in [0, 0.05) is 11.8 Å². The van der Waals surface area contributed by atoms with Crippen molar-refractivity contribution < 1.29 is 4.74 Å². The van der Waals surface area contributed by atoms with Crippen LogP contribution in [0.1, 0.15) is 12.5 Å². The van der Waals surface area contributed by atoms with Gasteiger partial charge < -0.3 is 10.5 Å². The molecule has 2 N–H and O–H groups in total. The van der Waals surface area contributed by atoms with E-state index in [1.54, 1.807) is 13.3 Å². The molecule has 0 fully saturated rings. The number of aryl methyl sites for hydroxylation is 1. The Balaban J connectivity index is 2.47. The third-order valence-corrected chi connectivity index (χ3v) is 2.63. The van der Waals surface area contributed by atoms with Crippen LogP contribution in [-0.2, 0) is 6.42 Å². The fraction of sp³-hybridized carbons (Fsp3) is 0.231. The lowest BCUT2D eigenvalue weighted by Crippen LogP contribution is -2.00.